The number of imide groups is 2. The summed E-state index contributed by atoms with van der Waals surface area (Å²) in [7, 11) is 0. The van der Waals surface area contributed by atoms with E-state index in [2.05, 4.69) is 10.6 Å². The monoisotopic (exact) mass is 405 g/mol. The van der Waals surface area contributed by atoms with Gasteiger partial charge < -0.3 is 5.32 Å². The van der Waals surface area contributed by atoms with E-state index in [4.69, 9.17) is 0 Å². The van der Waals surface area contributed by atoms with Gasteiger partial charge in [0.05, 0.1) is 11.1 Å². The maximum Gasteiger partial charge on any atom is 0.265 e. The van der Waals surface area contributed by atoms with Crippen LogP contribution in [0.2, 0.25) is 0 Å². The highest BCUT2D eigenvalue weighted by Gasteiger charge is 2.49. The molecule has 3 atom stereocenters. The Morgan fingerprint density at radius 3 is 2.21 bits per heavy atom. The Balaban J connectivity index is 1.83. The number of rotatable bonds is 2. The van der Waals surface area contributed by atoms with Crippen LogP contribution in [0.15, 0.2) is 6.07 Å². The van der Waals surface area contributed by atoms with E-state index >= 15 is 0 Å². The first-order valence-electron chi connectivity index (χ1n) is 9.66. The number of nitrogens with zero attached hydrogens (tertiary/aromatic N) is 1. The first kappa shape index (κ1) is 19.6. The average molecular weight is 405 g/mol. The highest BCUT2D eigenvalue weighted by Crippen LogP contribution is 2.42. The molecule has 0 aromatic heterocycles. The molecule has 0 aliphatic carbocycles. The van der Waals surface area contributed by atoms with Gasteiger partial charge in [-0.15, -0.1) is 0 Å². The Kier molecular flexibility index (Phi) is 4.72. The van der Waals surface area contributed by atoms with Gasteiger partial charge >= 0.3 is 0 Å². The standard InChI is InChI=1S/C20H21F2N3O4/c1-8-6-23-7-9(2)14(8)15-10(21)5-11(22)16-17(15)20(29)25(19(16)28)12-3-4-13(26)24-18(12)27/h5,8-9,12,14,23H,3-4,6-7H2,1-2H3,(H,24,26,27). The number of carbonyl (C=O) groups excluding carboxylic acids is 4. The van der Waals surface area contributed by atoms with Crippen LogP contribution < -0.4 is 10.6 Å². The lowest BCUT2D eigenvalue weighted by Gasteiger charge is -2.36. The predicted octanol–water partition coefficient (Wildman–Crippen LogP) is 1.32. The van der Waals surface area contributed by atoms with Gasteiger partial charge in [-0.1, -0.05) is 13.8 Å². The topological polar surface area (TPSA) is 95.6 Å². The first-order chi connectivity index (χ1) is 13.7. The van der Waals surface area contributed by atoms with E-state index in [-0.39, 0.29) is 41.7 Å². The molecule has 2 fully saturated rings. The Bertz CT molecular complexity index is 938. The Morgan fingerprint density at radius 2 is 1.59 bits per heavy atom. The highest BCUT2D eigenvalue weighted by atomic mass is 19.1. The predicted molar refractivity (Wildman–Crippen MR) is 97.0 cm³/mol. The molecule has 1 aromatic carbocycles. The molecule has 0 spiro atoms. The maximum absolute atomic E-state index is 15.0. The molecule has 2 N–H and O–H groups in total. The van der Waals surface area contributed by atoms with Crippen molar-refractivity contribution >= 4 is 23.6 Å². The fourth-order valence-corrected chi connectivity index (χ4v) is 4.86. The van der Waals surface area contributed by atoms with E-state index in [1.807, 2.05) is 13.8 Å². The molecule has 3 unspecified atom stereocenters. The normalized spacial score (nSPS) is 29.9. The zero-order chi connectivity index (χ0) is 21.0. The van der Waals surface area contributed by atoms with Crippen LogP contribution in [-0.2, 0) is 9.59 Å². The van der Waals surface area contributed by atoms with Crippen LogP contribution >= 0.6 is 0 Å². The summed E-state index contributed by atoms with van der Waals surface area (Å²) in [4.78, 5) is 50.4. The summed E-state index contributed by atoms with van der Waals surface area (Å²) in [5.74, 6) is -5.60. The number of hydrogen-bond acceptors (Lipinski definition) is 5. The second kappa shape index (κ2) is 6.98. The zero-order valence-electron chi connectivity index (χ0n) is 16.1. The van der Waals surface area contributed by atoms with E-state index in [1.54, 1.807) is 0 Å². The van der Waals surface area contributed by atoms with Crippen LogP contribution in [0.5, 0.6) is 0 Å². The maximum atomic E-state index is 15.0. The highest BCUT2D eigenvalue weighted by molar-refractivity contribution is 6.24. The molecule has 4 rings (SSSR count). The minimum atomic E-state index is -1.22. The third-order valence-electron chi connectivity index (χ3n) is 6.15. The molecule has 2 saturated heterocycles. The number of piperidine rings is 2. The average Bonchev–Trinajstić information content (AvgIpc) is 2.89. The largest absolute Gasteiger partial charge is 0.316 e. The van der Waals surface area contributed by atoms with E-state index in [9.17, 15) is 28.0 Å². The lowest BCUT2D eigenvalue weighted by atomic mass is 9.73. The quantitative estimate of drug-likeness (QED) is 0.724. The van der Waals surface area contributed by atoms with Gasteiger partial charge in [0.2, 0.25) is 11.8 Å². The molecule has 3 heterocycles. The van der Waals surface area contributed by atoms with Crippen LogP contribution in [-0.4, -0.2) is 47.7 Å². The number of fused-ring (bicyclic) bond motifs is 1. The molecule has 154 valence electrons. The van der Waals surface area contributed by atoms with E-state index in [0.29, 0.717) is 24.1 Å². The summed E-state index contributed by atoms with van der Waals surface area (Å²) < 4.78 is 29.6. The second-order valence-electron chi connectivity index (χ2n) is 8.09. The van der Waals surface area contributed by atoms with Crippen molar-refractivity contribution in [1.29, 1.82) is 0 Å². The number of carbonyl (C=O) groups is 4. The van der Waals surface area contributed by atoms with Gasteiger partial charge in [-0.3, -0.25) is 29.4 Å². The second-order valence-corrected chi connectivity index (χ2v) is 8.09. The minimum absolute atomic E-state index is 0.0380. The van der Waals surface area contributed by atoms with Crippen molar-refractivity contribution in [2.75, 3.05) is 13.1 Å². The lowest BCUT2D eigenvalue weighted by Crippen LogP contribution is -2.54. The van der Waals surface area contributed by atoms with Crippen molar-refractivity contribution in [2.45, 2.75) is 38.6 Å². The molecule has 3 aliphatic heterocycles. The van der Waals surface area contributed by atoms with Gasteiger partial charge in [-0.25, -0.2) is 8.78 Å². The SMILES string of the molecule is CC1CNCC(C)C1c1c(F)cc(F)c2c1C(=O)N(C1CCC(=O)NC1=O)C2=O. The fourth-order valence-electron chi connectivity index (χ4n) is 4.86. The van der Waals surface area contributed by atoms with Crippen molar-refractivity contribution < 1.29 is 28.0 Å². The first-order valence-corrected chi connectivity index (χ1v) is 9.66. The van der Waals surface area contributed by atoms with Crippen molar-refractivity contribution in [3.63, 3.8) is 0 Å². The van der Waals surface area contributed by atoms with Gasteiger partial charge in [0.1, 0.15) is 17.7 Å². The van der Waals surface area contributed by atoms with Crippen LogP contribution in [0.4, 0.5) is 8.78 Å². The number of nitrogens with one attached hydrogen (secondary N) is 2. The Morgan fingerprint density at radius 1 is 0.966 bits per heavy atom. The van der Waals surface area contributed by atoms with Crippen molar-refractivity contribution in [3.05, 3.63) is 34.4 Å². The summed E-state index contributed by atoms with van der Waals surface area (Å²) in [6.07, 6.45) is -0.0917. The Labute approximate surface area is 165 Å². The summed E-state index contributed by atoms with van der Waals surface area (Å²) in [5, 5.41) is 5.32. The van der Waals surface area contributed by atoms with E-state index in [1.165, 1.54) is 0 Å². The van der Waals surface area contributed by atoms with Crippen LogP contribution in [0.3, 0.4) is 0 Å². The zero-order valence-corrected chi connectivity index (χ0v) is 16.1. The summed E-state index contributed by atoms with van der Waals surface area (Å²) >= 11 is 0. The van der Waals surface area contributed by atoms with Crippen molar-refractivity contribution in [2.24, 2.45) is 11.8 Å². The molecular formula is C20H21F2N3O4. The Hall–Kier alpha value is -2.68. The smallest absolute Gasteiger partial charge is 0.265 e. The minimum Gasteiger partial charge on any atom is -0.316 e. The van der Waals surface area contributed by atoms with Crippen molar-refractivity contribution in [3.8, 4) is 0 Å². The van der Waals surface area contributed by atoms with E-state index < -0.39 is 46.9 Å². The number of benzene rings is 1. The third kappa shape index (κ3) is 2.95. The van der Waals surface area contributed by atoms with Gasteiger partial charge in [0.25, 0.3) is 11.8 Å². The molecule has 0 bridgehead atoms. The van der Waals surface area contributed by atoms with Gasteiger partial charge in [0.15, 0.2) is 0 Å². The molecule has 1 aromatic rings. The molecule has 7 nitrogen and oxygen atoms in total. The number of halogens is 2. The number of hydrogen-bond donors (Lipinski definition) is 2. The summed E-state index contributed by atoms with van der Waals surface area (Å²) in [6, 6.07) is -0.576. The molecule has 9 heteroatoms. The molecule has 0 radical (unpaired) electrons. The molecule has 29 heavy (non-hydrogen) atoms. The van der Waals surface area contributed by atoms with Crippen molar-refractivity contribution in [1.82, 2.24) is 15.5 Å². The van der Waals surface area contributed by atoms with Crippen LogP contribution in [0, 0.1) is 23.5 Å². The summed E-state index contributed by atoms with van der Waals surface area (Å²) in [5.41, 5.74) is -0.743. The van der Waals surface area contributed by atoms with Crippen LogP contribution in [0.25, 0.3) is 0 Å². The van der Waals surface area contributed by atoms with Gasteiger partial charge in [0, 0.05) is 18.1 Å². The fraction of sp³-hybridized carbons (Fsp3) is 0.500. The van der Waals surface area contributed by atoms with Gasteiger partial charge in [-0.2, -0.15) is 0 Å². The molecule has 0 saturated carbocycles. The van der Waals surface area contributed by atoms with E-state index in [0.717, 1.165) is 0 Å². The lowest BCUT2D eigenvalue weighted by molar-refractivity contribution is -0.136. The molecular weight excluding hydrogens is 384 g/mol. The molecule has 4 amide bonds. The number of amides is 4. The van der Waals surface area contributed by atoms with Crippen LogP contribution in [0.1, 0.15) is 58.9 Å². The third-order valence-corrected chi connectivity index (χ3v) is 6.15. The molecule has 3 aliphatic rings. The summed E-state index contributed by atoms with van der Waals surface area (Å²) in [6.45, 7) is 5.00. The van der Waals surface area contributed by atoms with Gasteiger partial charge in [-0.05, 0) is 37.3 Å².